The molecular weight excluding hydrogens is 627 g/mol. The van der Waals surface area contributed by atoms with E-state index >= 15 is 0 Å². The van der Waals surface area contributed by atoms with Crippen LogP contribution in [0.15, 0.2) is 148 Å². The number of nitrogens with zero attached hydrogens (tertiary/aromatic N) is 5. The maximum atomic E-state index is 6.10. The molecule has 230 valence electrons. The molecule has 0 bridgehead atoms. The highest BCUT2D eigenvalue weighted by molar-refractivity contribution is 7.25. The van der Waals surface area contributed by atoms with E-state index in [1.807, 2.05) is 97.1 Å². The number of rotatable bonds is 5. The smallest absolute Gasteiger partial charge is 0.227 e. The van der Waals surface area contributed by atoms with Crippen molar-refractivity contribution >= 4 is 53.7 Å². The second kappa shape index (κ2) is 11.0. The number of hydrogen-bond acceptors (Lipinski definition) is 8. The summed E-state index contributed by atoms with van der Waals surface area (Å²) in [5.41, 5.74) is 7.19. The maximum Gasteiger partial charge on any atom is 0.227 e. The Labute approximate surface area is 283 Å². The zero-order valence-corrected chi connectivity index (χ0v) is 26.6. The van der Waals surface area contributed by atoms with Crippen molar-refractivity contribution < 1.29 is 8.83 Å². The first-order valence-electron chi connectivity index (χ1n) is 15.8. The van der Waals surface area contributed by atoms with Crippen molar-refractivity contribution in [3.8, 4) is 57.1 Å². The average Bonchev–Trinajstić information content (AvgIpc) is 3.90. The normalized spacial score (nSPS) is 11.7. The summed E-state index contributed by atoms with van der Waals surface area (Å²) in [6, 6.07) is 46.4. The highest BCUT2D eigenvalue weighted by Crippen LogP contribution is 2.37. The first-order valence-corrected chi connectivity index (χ1v) is 16.6. The maximum absolute atomic E-state index is 6.10. The second-order valence-corrected chi connectivity index (χ2v) is 12.8. The quantitative estimate of drug-likeness (QED) is 0.183. The van der Waals surface area contributed by atoms with Gasteiger partial charge in [-0.1, -0.05) is 54.6 Å². The summed E-state index contributed by atoms with van der Waals surface area (Å²) in [6.07, 6.45) is 0. The van der Waals surface area contributed by atoms with E-state index in [0.29, 0.717) is 40.4 Å². The SMILES string of the molecule is c1ccc(-c2nc3cc(-c4nc(-c5ccc6oc(-c7ccccc7)nc6c5)nc(-c5ccc6sc7ccccc7c6c5)n4)ccc3o2)cc1. The Kier molecular flexibility index (Phi) is 6.22. The lowest BCUT2D eigenvalue weighted by Gasteiger charge is -2.08. The molecule has 0 spiro atoms. The fourth-order valence-electron chi connectivity index (χ4n) is 6.17. The van der Waals surface area contributed by atoms with Gasteiger partial charge in [0.2, 0.25) is 11.8 Å². The predicted molar refractivity (Wildman–Crippen MR) is 195 cm³/mol. The topological polar surface area (TPSA) is 90.7 Å². The van der Waals surface area contributed by atoms with Crippen LogP contribution in [-0.2, 0) is 0 Å². The summed E-state index contributed by atoms with van der Waals surface area (Å²) in [7, 11) is 0. The number of fused-ring (bicyclic) bond motifs is 5. The molecule has 8 heteroatoms. The van der Waals surface area contributed by atoms with Crippen LogP contribution < -0.4 is 0 Å². The van der Waals surface area contributed by atoms with Gasteiger partial charge in [0.15, 0.2) is 28.6 Å². The highest BCUT2D eigenvalue weighted by atomic mass is 32.1. The standard InChI is InChI=1S/C41H23N5O2S/c1-3-9-24(10-4-1)40-42-31-22-27(15-18-33(31)47-40)38-44-37(26-17-20-36-30(21-26)29-13-7-8-14-35(29)49-36)45-39(46-38)28-16-19-34-32(23-28)43-41(48-34)25-11-5-2-6-12-25/h1-23H. The molecule has 0 fully saturated rings. The molecule has 0 unspecified atom stereocenters. The molecular formula is C41H23N5O2S. The van der Waals surface area contributed by atoms with Crippen LogP contribution >= 0.6 is 11.3 Å². The molecule has 7 nitrogen and oxygen atoms in total. The summed E-state index contributed by atoms with van der Waals surface area (Å²) in [4.78, 5) is 24.7. The van der Waals surface area contributed by atoms with E-state index in [2.05, 4.69) is 42.5 Å². The largest absolute Gasteiger partial charge is 0.436 e. The van der Waals surface area contributed by atoms with Crippen molar-refractivity contribution in [2.24, 2.45) is 0 Å². The van der Waals surface area contributed by atoms with E-state index < -0.39 is 0 Å². The Morgan fingerprint density at radius 3 is 1.41 bits per heavy atom. The monoisotopic (exact) mass is 649 g/mol. The average molecular weight is 650 g/mol. The lowest BCUT2D eigenvalue weighted by molar-refractivity contribution is 0.619. The summed E-state index contributed by atoms with van der Waals surface area (Å²) in [5.74, 6) is 2.78. The number of benzene rings is 6. The molecule has 0 radical (unpaired) electrons. The van der Waals surface area contributed by atoms with Crippen molar-refractivity contribution in [2.75, 3.05) is 0 Å². The minimum Gasteiger partial charge on any atom is -0.436 e. The van der Waals surface area contributed by atoms with Crippen LogP contribution in [-0.4, -0.2) is 24.9 Å². The minimum atomic E-state index is 0.534. The Balaban J connectivity index is 1.13. The van der Waals surface area contributed by atoms with Crippen molar-refractivity contribution in [1.82, 2.24) is 24.9 Å². The molecule has 4 aromatic heterocycles. The fraction of sp³-hybridized carbons (Fsp3) is 0. The number of oxazole rings is 2. The van der Waals surface area contributed by atoms with Gasteiger partial charge in [0.05, 0.1) is 0 Å². The van der Waals surface area contributed by atoms with Gasteiger partial charge in [-0.2, -0.15) is 0 Å². The zero-order valence-electron chi connectivity index (χ0n) is 25.7. The van der Waals surface area contributed by atoms with Gasteiger partial charge in [-0.05, 0) is 84.9 Å². The first-order chi connectivity index (χ1) is 24.2. The van der Waals surface area contributed by atoms with Crippen molar-refractivity contribution in [3.63, 3.8) is 0 Å². The molecule has 4 heterocycles. The van der Waals surface area contributed by atoms with Crippen LogP contribution in [0.4, 0.5) is 0 Å². The molecule has 49 heavy (non-hydrogen) atoms. The third-order valence-corrected chi connectivity index (χ3v) is 9.76. The third-order valence-electron chi connectivity index (χ3n) is 8.60. The number of thiophene rings is 1. The molecule has 0 atom stereocenters. The Morgan fingerprint density at radius 1 is 0.367 bits per heavy atom. The molecule has 0 amide bonds. The van der Waals surface area contributed by atoms with Gasteiger partial charge in [0.25, 0.3) is 0 Å². The van der Waals surface area contributed by atoms with Crippen LogP contribution in [0.2, 0.25) is 0 Å². The number of aromatic nitrogens is 5. The van der Waals surface area contributed by atoms with Crippen LogP contribution in [0.3, 0.4) is 0 Å². The van der Waals surface area contributed by atoms with Crippen LogP contribution in [0, 0.1) is 0 Å². The number of hydrogen-bond donors (Lipinski definition) is 0. The summed E-state index contributed by atoms with van der Waals surface area (Å²) in [6.45, 7) is 0. The Hall–Kier alpha value is -6.51. The van der Waals surface area contributed by atoms with E-state index in [1.54, 1.807) is 11.3 Å². The molecule has 10 rings (SSSR count). The van der Waals surface area contributed by atoms with Crippen molar-refractivity contribution in [2.45, 2.75) is 0 Å². The highest BCUT2D eigenvalue weighted by Gasteiger charge is 2.17. The predicted octanol–water partition coefficient (Wildman–Crippen LogP) is 10.9. The molecule has 0 saturated carbocycles. The van der Waals surface area contributed by atoms with Gasteiger partial charge in [-0.3, -0.25) is 0 Å². The third kappa shape index (κ3) is 4.85. The van der Waals surface area contributed by atoms with E-state index in [-0.39, 0.29) is 0 Å². The molecule has 6 aromatic carbocycles. The molecule has 0 aliphatic heterocycles. The van der Waals surface area contributed by atoms with Crippen LogP contribution in [0.1, 0.15) is 0 Å². The van der Waals surface area contributed by atoms with Crippen molar-refractivity contribution in [3.05, 3.63) is 140 Å². The fourth-order valence-corrected chi connectivity index (χ4v) is 7.26. The lowest BCUT2D eigenvalue weighted by atomic mass is 10.1. The molecule has 0 aliphatic carbocycles. The lowest BCUT2D eigenvalue weighted by Crippen LogP contribution is -2.00. The van der Waals surface area contributed by atoms with Gasteiger partial charge in [0, 0.05) is 48.0 Å². The van der Waals surface area contributed by atoms with Gasteiger partial charge in [0.1, 0.15) is 11.0 Å². The van der Waals surface area contributed by atoms with E-state index in [9.17, 15) is 0 Å². The minimum absolute atomic E-state index is 0.534. The first kappa shape index (κ1) is 27.6. The summed E-state index contributed by atoms with van der Waals surface area (Å²) >= 11 is 1.78. The van der Waals surface area contributed by atoms with Gasteiger partial charge < -0.3 is 8.83 Å². The Bertz CT molecular complexity index is 2700. The van der Waals surface area contributed by atoms with Gasteiger partial charge in [-0.25, -0.2) is 24.9 Å². The van der Waals surface area contributed by atoms with E-state index in [0.717, 1.165) is 38.9 Å². The zero-order chi connectivity index (χ0) is 32.3. The van der Waals surface area contributed by atoms with Crippen molar-refractivity contribution in [1.29, 1.82) is 0 Å². The van der Waals surface area contributed by atoms with Gasteiger partial charge in [-0.15, -0.1) is 11.3 Å². The molecule has 0 aliphatic rings. The second-order valence-electron chi connectivity index (χ2n) is 11.8. The van der Waals surface area contributed by atoms with Crippen LogP contribution in [0.5, 0.6) is 0 Å². The van der Waals surface area contributed by atoms with E-state index in [4.69, 9.17) is 33.8 Å². The Morgan fingerprint density at radius 2 is 0.837 bits per heavy atom. The summed E-state index contributed by atoms with van der Waals surface area (Å²) in [5, 5.41) is 2.40. The molecule has 0 saturated heterocycles. The molecule has 0 N–H and O–H groups in total. The summed E-state index contributed by atoms with van der Waals surface area (Å²) < 4.78 is 14.7. The van der Waals surface area contributed by atoms with E-state index in [1.165, 1.54) is 20.2 Å². The molecule has 10 aromatic rings. The van der Waals surface area contributed by atoms with Crippen LogP contribution in [0.25, 0.3) is 99.4 Å². The van der Waals surface area contributed by atoms with Gasteiger partial charge >= 0.3 is 0 Å².